The number of benzene rings is 2. The molecular formula is C28H26ClF2N3O5. The molecule has 1 saturated heterocycles. The molecule has 2 aliphatic rings. The quantitative estimate of drug-likeness (QED) is 0.331. The number of carbonyl (C=O) groups excluding carboxylic acids is 2. The Morgan fingerprint density at radius 3 is 2.62 bits per heavy atom. The van der Waals surface area contributed by atoms with E-state index in [9.17, 15) is 18.4 Å². The van der Waals surface area contributed by atoms with Gasteiger partial charge in [0.15, 0.2) is 5.76 Å². The van der Waals surface area contributed by atoms with Gasteiger partial charge in [-0.3, -0.25) is 4.79 Å². The highest BCUT2D eigenvalue weighted by Gasteiger charge is 2.39. The number of hydrogen-bond donors (Lipinski definition) is 1. The topological polar surface area (TPSA) is 93.9 Å². The van der Waals surface area contributed by atoms with E-state index in [-0.39, 0.29) is 47.5 Å². The van der Waals surface area contributed by atoms with Crippen molar-refractivity contribution in [3.05, 3.63) is 76.0 Å². The average Bonchev–Trinajstić information content (AvgIpc) is 3.38. The predicted octanol–water partition coefficient (Wildman–Crippen LogP) is 4.76. The Morgan fingerprint density at radius 2 is 1.90 bits per heavy atom. The number of carbonyl (C=O) groups is 2. The fourth-order valence-electron chi connectivity index (χ4n) is 4.99. The molecule has 3 aromatic rings. The molecule has 11 heteroatoms. The first kappa shape index (κ1) is 26.8. The van der Waals surface area contributed by atoms with Gasteiger partial charge in [-0.25, -0.2) is 13.6 Å². The fourth-order valence-corrected chi connectivity index (χ4v) is 5.24. The van der Waals surface area contributed by atoms with E-state index in [0.717, 1.165) is 23.3 Å². The molecule has 1 aromatic heterocycles. The van der Waals surface area contributed by atoms with Crippen molar-refractivity contribution in [3.8, 4) is 17.0 Å². The van der Waals surface area contributed by atoms with Gasteiger partial charge in [0.2, 0.25) is 5.91 Å². The van der Waals surface area contributed by atoms with Crippen molar-refractivity contribution in [2.75, 3.05) is 19.7 Å². The molecular weight excluding hydrogens is 532 g/mol. The zero-order valence-corrected chi connectivity index (χ0v) is 22.1. The minimum absolute atomic E-state index is 0.00732. The van der Waals surface area contributed by atoms with E-state index in [1.54, 1.807) is 24.0 Å². The molecule has 8 nitrogen and oxygen atoms in total. The third-order valence-corrected chi connectivity index (χ3v) is 7.16. The number of amides is 1. The van der Waals surface area contributed by atoms with E-state index in [0.29, 0.717) is 36.6 Å². The summed E-state index contributed by atoms with van der Waals surface area (Å²) in [5.41, 5.74) is 2.15. The highest BCUT2D eigenvalue weighted by Crippen LogP contribution is 2.35. The standard InChI is InChI=1S/C28H26ClF2N3O5/c1-3-37-28(36)25-20(10-17-12-34(15(2)35)13-24(25)32-17)16-4-6-18(7-5-16)38-14-19-11-23(33-39-19)26-21(30)8-9-22(31)27(26)29/h4-9,11,17,24,32H,3,10,12-14H2,1-2H3. The molecule has 5 rings (SSSR count). The smallest absolute Gasteiger partial charge is 0.335 e. The number of aromatic nitrogens is 1. The number of fused-ring (bicyclic) bond motifs is 2. The van der Waals surface area contributed by atoms with Gasteiger partial charge in [-0.2, -0.15) is 0 Å². The third-order valence-electron chi connectivity index (χ3n) is 6.79. The van der Waals surface area contributed by atoms with Crippen LogP contribution in [0.3, 0.4) is 0 Å². The van der Waals surface area contributed by atoms with Gasteiger partial charge < -0.3 is 24.2 Å². The van der Waals surface area contributed by atoms with Crippen molar-refractivity contribution in [3.63, 3.8) is 0 Å². The number of rotatable bonds is 7. The van der Waals surface area contributed by atoms with Gasteiger partial charge in [0.25, 0.3) is 0 Å². The van der Waals surface area contributed by atoms with Crippen molar-refractivity contribution >= 4 is 29.1 Å². The molecule has 2 unspecified atom stereocenters. The number of nitrogens with zero attached hydrogens (tertiary/aromatic N) is 2. The van der Waals surface area contributed by atoms with Crippen molar-refractivity contribution in [2.24, 2.45) is 0 Å². The molecule has 2 atom stereocenters. The van der Waals surface area contributed by atoms with Crippen LogP contribution in [0.25, 0.3) is 16.8 Å². The summed E-state index contributed by atoms with van der Waals surface area (Å²) in [6.07, 6.45) is 0.564. The maximum Gasteiger partial charge on any atom is 0.335 e. The zero-order chi connectivity index (χ0) is 27.7. The summed E-state index contributed by atoms with van der Waals surface area (Å²) in [6.45, 7) is 4.49. The van der Waals surface area contributed by atoms with Gasteiger partial charge in [0.1, 0.15) is 29.7 Å². The number of hydrogen-bond acceptors (Lipinski definition) is 7. The Labute approximate surface area is 228 Å². The Hall–Kier alpha value is -3.76. The minimum atomic E-state index is -0.760. The summed E-state index contributed by atoms with van der Waals surface area (Å²) in [6, 6.07) is 10.3. The van der Waals surface area contributed by atoms with E-state index in [1.807, 2.05) is 12.1 Å². The van der Waals surface area contributed by atoms with Gasteiger partial charge in [-0.05, 0) is 48.7 Å². The molecule has 0 spiro atoms. The van der Waals surface area contributed by atoms with Crippen molar-refractivity contribution in [1.29, 1.82) is 0 Å². The summed E-state index contributed by atoms with van der Waals surface area (Å²) in [5, 5.41) is 6.87. The molecule has 2 aliphatic heterocycles. The predicted molar refractivity (Wildman–Crippen MR) is 139 cm³/mol. The van der Waals surface area contributed by atoms with E-state index < -0.39 is 17.6 Å². The van der Waals surface area contributed by atoms with Crippen LogP contribution in [0.15, 0.2) is 52.6 Å². The van der Waals surface area contributed by atoms with Gasteiger partial charge in [0.05, 0.1) is 28.8 Å². The number of halogens is 3. The lowest BCUT2D eigenvalue weighted by atomic mass is 9.83. The summed E-state index contributed by atoms with van der Waals surface area (Å²) < 4.78 is 44.4. The summed E-state index contributed by atoms with van der Waals surface area (Å²) in [4.78, 5) is 26.7. The summed E-state index contributed by atoms with van der Waals surface area (Å²) >= 11 is 5.91. The Balaban J connectivity index is 1.33. The minimum Gasteiger partial charge on any atom is -0.486 e. The molecule has 2 aromatic carbocycles. The second-order valence-corrected chi connectivity index (χ2v) is 9.74. The van der Waals surface area contributed by atoms with Crippen LogP contribution < -0.4 is 10.1 Å². The van der Waals surface area contributed by atoms with Gasteiger partial charge in [-0.15, -0.1) is 0 Å². The number of nitrogens with one attached hydrogen (secondary N) is 1. The Morgan fingerprint density at radius 1 is 1.15 bits per heavy atom. The van der Waals surface area contributed by atoms with Crippen molar-refractivity contribution in [1.82, 2.24) is 15.4 Å². The highest BCUT2D eigenvalue weighted by molar-refractivity contribution is 6.33. The molecule has 0 radical (unpaired) electrons. The van der Waals surface area contributed by atoms with Crippen LogP contribution >= 0.6 is 11.6 Å². The molecule has 1 N–H and O–H groups in total. The maximum atomic E-state index is 14.2. The largest absolute Gasteiger partial charge is 0.486 e. The van der Waals surface area contributed by atoms with Gasteiger partial charge in [0, 0.05) is 32.1 Å². The molecule has 1 amide bonds. The van der Waals surface area contributed by atoms with Crippen molar-refractivity contribution in [2.45, 2.75) is 39.0 Å². The van der Waals surface area contributed by atoms with E-state index in [4.69, 9.17) is 25.6 Å². The van der Waals surface area contributed by atoms with Crippen LogP contribution in [0, 0.1) is 11.6 Å². The second-order valence-electron chi connectivity index (χ2n) is 9.37. The van der Waals surface area contributed by atoms with Crippen LogP contribution in [0.2, 0.25) is 5.02 Å². The normalized spacial score (nSPS) is 18.7. The SMILES string of the molecule is CCOC(=O)C1=C(c2ccc(OCc3cc(-c4c(F)ccc(F)c4Cl)no3)cc2)CC2CN(C(C)=O)CC1N2. The summed E-state index contributed by atoms with van der Waals surface area (Å²) in [7, 11) is 0. The lowest BCUT2D eigenvalue weighted by molar-refractivity contribution is -0.140. The highest BCUT2D eigenvalue weighted by atomic mass is 35.5. The fraction of sp³-hybridized carbons (Fsp3) is 0.321. The molecule has 0 aliphatic carbocycles. The van der Waals surface area contributed by atoms with Crippen LogP contribution in [0.4, 0.5) is 8.78 Å². The number of esters is 1. The first-order valence-corrected chi connectivity index (χ1v) is 12.9. The van der Waals surface area contributed by atoms with Gasteiger partial charge in [-0.1, -0.05) is 28.9 Å². The van der Waals surface area contributed by atoms with E-state index in [2.05, 4.69) is 10.5 Å². The molecule has 1 fully saturated rings. The van der Waals surface area contributed by atoms with Crippen LogP contribution in [0.5, 0.6) is 5.75 Å². The van der Waals surface area contributed by atoms with Crippen LogP contribution in [-0.2, 0) is 20.9 Å². The molecule has 0 saturated carbocycles. The second kappa shape index (κ2) is 11.2. The molecule has 2 bridgehead atoms. The lowest BCUT2D eigenvalue weighted by Gasteiger charge is -2.43. The summed E-state index contributed by atoms with van der Waals surface area (Å²) in [5.74, 6) is -1.08. The van der Waals surface area contributed by atoms with Crippen LogP contribution in [0.1, 0.15) is 31.6 Å². The Bertz CT molecular complexity index is 1440. The molecule has 39 heavy (non-hydrogen) atoms. The first-order chi connectivity index (χ1) is 18.7. The Kier molecular flexibility index (Phi) is 7.67. The van der Waals surface area contributed by atoms with E-state index >= 15 is 0 Å². The maximum absolute atomic E-state index is 14.2. The van der Waals surface area contributed by atoms with Crippen molar-refractivity contribution < 1.29 is 32.4 Å². The average molecular weight is 558 g/mol. The van der Waals surface area contributed by atoms with Crippen LogP contribution in [-0.4, -0.2) is 53.7 Å². The monoisotopic (exact) mass is 557 g/mol. The van der Waals surface area contributed by atoms with E-state index in [1.165, 1.54) is 13.0 Å². The van der Waals surface area contributed by atoms with Gasteiger partial charge >= 0.3 is 5.97 Å². The first-order valence-electron chi connectivity index (χ1n) is 12.5. The lowest BCUT2D eigenvalue weighted by Crippen LogP contribution is -2.61. The third kappa shape index (κ3) is 5.53. The zero-order valence-electron chi connectivity index (χ0n) is 21.3. The molecule has 204 valence electrons. The number of ether oxygens (including phenoxy) is 2. The molecule has 3 heterocycles. The number of piperazine rings is 1.